The van der Waals surface area contributed by atoms with E-state index in [2.05, 4.69) is 22.1 Å². The monoisotopic (exact) mass is 528 g/mol. The average Bonchev–Trinajstić information content (AvgIpc) is 2.98. The molecule has 0 atom stereocenters. The molecule has 202 valence electrons. The molecule has 0 spiro atoms. The lowest BCUT2D eigenvalue weighted by Gasteiger charge is -2.11. The molecule has 0 heterocycles. The molecule has 6 nitrogen and oxygen atoms in total. The third-order valence-corrected chi connectivity index (χ3v) is 7.04. The van der Waals surface area contributed by atoms with Gasteiger partial charge in [0, 0.05) is 36.9 Å². The molecule has 0 aliphatic carbocycles. The number of nitrogens with two attached hydrogens (primary N) is 2. The van der Waals surface area contributed by atoms with Gasteiger partial charge < -0.3 is 11.5 Å². The first-order chi connectivity index (χ1) is 19.2. The van der Waals surface area contributed by atoms with Crippen molar-refractivity contribution in [2.45, 2.75) is 27.7 Å². The van der Waals surface area contributed by atoms with Gasteiger partial charge in [0.25, 0.3) is 0 Å². The van der Waals surface area contributed by atoms with Gasteiger partial charge in [-0.15, -0.1) is 0 Å². The van der Waals surface area contributed by atoms with Gasteiger partial charge in [-0.05, 0) is 97.5 Å². The smallest absolute Gasteiger partial charge is 0.0868 e. The molecule has 0 unspecified atom stereocenters. The first-order valence-corrected chi connectivity index (χ1v) is 13.2. The Morgan fingerprint density at radius 1 is 0.475 bits per heavy atom. The molecule has 4 aromatic carbocycles. The normalized spacial score (nSPS) is 13.1. The summed E-state index contributed by atoms with van der Waals surface area (Å²) in [5.41, 5.74) is 25.2. The number of hydrogen-bond donors (Lipinski definition) is 2. The SMILES string of the molecule is CN=C(C)c1cccc(/C(C)=N\c2cc(-c3ccc(N)c(/N=C(/C)c4cccc(C(C)=NC)c4)c3)ccc2N)c1. The molecule has 0 radical (unpaired) electrons. The van der Waals surface area contributed by atoms with Gasteiger partial charge in [0.2, 0.25) is 0 Å². The van der Waals surface area contributed by atoms with Crippen LogP contribution >= 0.6 is 0 Å². The molecule has 0 aliphatic heterocycles. The number of aliphatic imine (C=N–C) groups is 4. The lowest BCUT2D eigenvalue weighted by Crippen LogP contribution is -2.00. The molecule has 4 N–H and O–H groups in total. The van der Waals surface area contributed by atoms with Gasteiger partial charge in [-0.1, -0.05) is 48.5 Å². The molecule has 0 fully saturated rings. The molecule has 0 amide bonds. The van der Waals surface area contributed by atoms with E-state index < -0.39 is 0 Å². The van der Waals surface area contributed by atoms with E-state index in [9.17, 15) is 0 Å². The van der Waals surface area contributed by atoms with Crippen LogP contribution in [0.5, 0.6) is 0 Å². The number of hydrogen-bond acceptors (Lipinski definition) is 6. The largest absolute Gasteiger partial charge is 0.397 e. The topological polar surface area (TPSA) is 101 Å². The van der Waals surface area contributed by atoms with E-state index in [1.807, 2.05) is 100 Å². The van der Waals surface area contributed by atoms with E-state index in [-0.39, 0.29) is 0 Å². The summed E-state index contributed by atoms with van der Waals surface area (Å²) >= 11 is 0. The van der Waals surface area contributed by atoms with Crippen molar-refractivity contribution in [3.05, 3.63) is 107 Å². The molecule has 0 saturated heterocycles. The molecule has 0 bridgehead atoms. The van der Waals surface area contributed by atoms with Crippen LogP contribution in [0.2, 0.25) is 0 Å². The summed E-state index contributed by atoms with van der Waals surface area (Å²) in [6, 6.07) is 28.2. The summed E-state index contributed by atoms with van der Waals surface area (Å²) in [5.74, 6) is 0. The number of nitrogen functional groups attached to an aromatic ring is 2. The highest BCUT2D eigenvalue weighted by atomic mass is 14.8. The van der Waals surface area contributed by atoms with Crippen LogP contribution in [0.25, 0.3) is 11.1 Å². The molecule has 40 heavy (non-hydrogen) atoms. The van der Waals surface area contributed by atoms with E-state index in [0.717, 1.165) is 56.2 Å². The minimum absolute atomic E-state index is 0.612. The fraction of sp³-hybridized carbons (Fsp3) is 0.176. The van der Waals surface area contributed by atoms with Crippen LogP contribution in [-0.2, 0) is 0 Å². The van der Waals surface area contributed by atoms with Gasteiger partial charge in [0.05, 0.1) is 22.7 Å². The molecule has 4 aromatic rings. The Labute approximate surface area is 237 Å². The summed E-state index contributed by atoms with van der Waals surface area (Å²) in [5, 5.41) is 0. The fourth-order valence-electron chi connectivity index (χ4n) is 4.33. The summed E-state index contributed by atoms with van der Waals surface area (Å²) in [4.78, 5) is 18.4. The van der Waals surface area contributed by atoms with E-state index in [0.29, 0.717) is 22.7 Å². The highest BCUT2D eigenvalue weighted by molar-refractivity contribution is 6.06. The van der Waals surface area contributed by atoms with Crippen LogP contribution in [0, 0.1) is 0 Å². The second kappa shape index (κ2) is 12.3. The summed E-state index contributed by atoms with van der Waals surface area (Å²) in [7, 11) is 3.59. The van der Waals surface area contributed by atoms with E-state index in [1.165, 1.54) is 0 Å². The first kappa shape index (κ1) is 28.2. The number of rotatable bonds is 7. The van der Waals surface area contributed by atoms with Gasteiger partial charge in [-0.2, -0.15) is 0 Å². The molecular weight excluding hydrogens is 492 g/mol. The third-order valence-electron chi connectivity index (χ3n) is 7.04. The molecule has 6 heteroatoms. The van der Waals surface area contributed by atoms with Gasteiger partial charge in [-0.25, -0.2) is 0 Å². The highest BCUT2D eigenvalue weighted by Crippen LogP contribution is 2.34. The Hall–Kier alpha value is -4.84. The minimum Gasteiger partial charge on any atom is -0.397 e. The zero-order valence-corrected chi connectivity index (χ0v) is 24.0. The van der Waals surface area contributed by atoms with Gasteiger partial charge in [-0.3, -0.25) is 20.0 Å². The van der Waals surface area contributed by atoms with Gasteiger partial charge in [0.1, 0.15) is 0 Å². The predicted octanol–water partition coefficient (Wildman–Crippen LogP) is 7.68. The average molecular weight is 529 g/mol. The quantitative estimate of drug-likeness (QED) is 0.190. The predicted molar refractivity (Wildman–Crippen MR) is 174 cm³/mol. The molecule has 0 aliphatic rings. The van der Waals surface area contributed by atoms with Crippen LogP contribution in [0.1, 0.15) is 49.9 Å². The number of nitrogens with zero attached hydrogens (tertiary/aromatic N) is 4. The molecule has 0 aromatic heterocycles. The van der Waals surface area contributed by atoms with Crippen molar-refractivity contribution in [2.24, 2.45) is 20.0 Å². The first-order valence-electron chi connectivity index (χ1n) is 13.2. The van der Waals surface area contributed by atoms with Crippen LogP contribution in [0.4, 0.5) is 22.7 Å². The fourth-order valence-corrected chi connectivity index (χ4v) is 4.33. The zero-order chi connectivity index (χ0) is 28.8. The van der Waals surface area contributed by atoms with Crippen LogP contribution in [0.15, 0.2) is 105 Å². The zero-order valence-electron chi connectivity index (χ0n) is 24.0. The van der Waals surface area contributed by atoms with Crippen molar-refractivity contribution in [1.82, 2.24) is 0 Å². The highest BCUT2D eigenvalue weighted by Gasteiger charge is 2.09. The van der Waals surface area contributed by atoms with Gasteiger partial charge in [0.15, 0.2) is 0 Å². The Morgan fingerprint density at radius 2 is 0.825 bits per heavy atom. The van der Waals surface area contributed by atoms with Gasteiger partial charge >= 0.3 is 0 Å². The Bertz CT molecular complexity index is 1550. The van der Waals surface area contributed by atoms with E-state index in [1.54, 1.807) is 14.1 Å². The van der Waals surface area contributed by atoms with Crippen LogP contribution in [-0.4, -0.2) is 36.9 Å². The third kappa shape index (κ3) is 6.41. The lowest BCUT2D eigenvalue weighted by atomic mass is 10.0. The van der Waals surface area contributed by atoms with Crippen molar-refractivity contribution in [1.29, 1.82) is 0 Å². The van der Waals surface area contributed by atoms with Crippen LogP contribution < -0.4 is 11.5 Å². The maximum Gasteiger partial charge on any atom is 0.0868 e. The Balaban J connectivity index is 1.69. The molecular formula is C34H36N6. The van der Waals surface area contributed by atoms with Crippen molar-refractivity contribution in [2.75, 3.05) is 25.6 Å². The van der Waals surface area contributed by atoms with Crippen LogP contribution in [0.3, 0.4) is 0 Å². The number of benzene rings is 4. The second-order valence-electron chi connectivity index (χ2n) is 9.72. The number of anilines is 2. The Morgan fingerprint density at radius 3 is 1.18 bits per heavy atom. The van der Waals surface area contributed by atoms with Crippen molar-refractivity contribution in [3.63, 3.8) is 0 Å². The minimum atomic E-state index is 0.612. The maximum absolute atomic E-state index is 6.34. The molecule has 0 saturated carbocycles. The van der Waals surface area contributed by atoms with Crippen molar-refractivity contribution in [3.8, 4) is 11.1 Å². The maximum atomic E-state index is 6.34. The van der Waals surface area contributed by atoms with Crippen molar-refractivity contribution < 1.29 is 0 Å². The standard InChI is InChI=1S/C34H36N6/c1-21(37-5)25-9-7-11-27(17-25)23(3)39-33-19-29(13-15-31(33)35)30-14-16-32(36)34(20-30)40-24(4)28-12-8-10-26(18-28)22(2)38-6/h7-20H,35-36H2,1-6H3/b37-21?,38-22?,39-23-,40-24-. The lowest BCUT2D eigenvalue weighted by molar-refractivity contribution is 1.40. The van der Waals surface area contributed by atoms with E-state index >= 15 is 0 Å². The molecule has 4 rings (SSSR count). The second-order valence-corrected chi connectivity index (χ2v) is 9.72. The summed E-state index contributed by atoms with van der Waals surface area (Å²) in [6.07, 6.45) is 0. The van der Waals surface area contributed by atoms with E-state index in [4.69, 9.17) is 21.5 Å². The summed E-state index contributed by atoms with van der Waals surface area (Å²) in [6.45, 7) is 7.98. The van der Waals surface area contributed by atoms with Crippen molar-refractivity contribution >= 4 is 45.6 Å². The summed E-state index contributed by atoms with van der Waals surface area (Å²) < 4.78 is 0. The Kier molecular flexibility index (Phi) is 8.70.